The number of hydrogen-bond acceptors (Lipinski definition) is 5. The molecule has 1 atom stereocenters. The van der Waals surface area contributed by atoms with E-state index < -0.39 is 18.0 Å². The van der Waals surface area contributed by atoms with Crippen LogP contribution >= 0.6 is 0 Å². The Kier molecular flexibility index (Phi) is 6.01. The van der Waals surface area contributed by atoms with E-state index in [0.717, 1.165) is 0 Å². The van der Waals surface area contributed by atoms with Gasteiger partial charge >= 0.3 is 6.09 Å². The molecule has 1 N–H and O–H groups in total. The molecule has 0 unspecified atom stereocenters. The summed E-state index contributed by atoms with van der Waals surface area (Å²) < 4.78 is 25.5. The van der Waals surface area contributed by atoms with E-state index in [1.807, 2.05) is 0 Å². The molecule has 1 aromatic carbocycles. The van der Waals surface area contributed by atoms with Crippen LogP contribution in [0.5, 0.6) is 5.75 Å². The molecule has 2 saturated heterocycles. The topological polar surface area (TPSA) is 88.2 Å². The van der Waals surface area contributed by atoms with Gasteiger partial charge in [0.05, 0.1) is 18.8 Å². The summed E-state index contributed by atoms with van der Waals surface area (Å²) in [4.78, 5) is 37.5. The number of hydrogen-bond donors (Lipinski definition) is 1. The van der Waals surface area contributed by atoms with Gasteiger partial charge in [0.1, 0.15) is 12.2 Å². The highest BCUT2D eigenvalue weighted by Crippen LogP contribution is 2.29. The Morgan fingerprint density at radius 1 is 1.29 bits per heavy atom. The zero-order chi connectivity index (χ0) is 20.3. The number of rotatable bonds is 5. The van der Waals surface area contributed by atoms with Crippen LogP contribution in [0.4, 0.5) is 14.9 Å². The molecule has 1 aromatic rings. The Bertz CT molecular complexity index is 764. The van der Waals surface area contributed by atoms with Gasteiger partial charge in [-0.25, -0.2) is 9.18 Å². The third kappa shape index (κ3) is 4.71. The Hall–Kier alpha value is -2.84. The van der Waals surface area contributed by atoms with Crippen LogP contribution in [-0.2, 0) is 14.3 Å². The highest BCUT2D eigenvalue weighted by Gasteiger charge is 2.33. The zero-order valence-corrected chi connectivity index (χ0v) is 15.9. The molecule has 28 heavy (non-hydrogen) atoms. The molecule has 3 rings (SSSR count). The third-order valence-electron chi connectivity index (χ3n) is 4.86. The molecule has 8 nitrogen and oxygen atoms in total. The predicted molar refractivity (Wildman–Crippen MR) is 98.6 cm³/mol. The average Bonchev–Trinajstić information content (AvgIpc) is 3.03. The van der Waals surface area contributed by atoms with Gasteiger partial charge in [-0.05, 0) is 12.1 Å². The van der Waals surface area contributed by atoms with Crippen molar-refractivity contribution in [1.29, 1.82) is 0 Å². The van der Waals surface area contributed by atoms with E-state index in [1.54, 1.807) is 11.0 Å². The highest BCUT2D eigenvalue weighted by molar-refractivity contribution is 5.90. The number of carbonyl (C=O) groups excluding carboxylic acids is 3. The first-order chi connectivity index (χ1) is 13.3. The molecule has 0 radical (unpaired) electrons. The molecule has 0 aromatic heterocycles. The Morgan fingerprint density at radius 3 is 2.61 bits per heavy atom. The fraction of sp³-hybridized carbons (Fsp3) is 0.526. The summed E-state index contributed by atoms with van der Waals surface area (Å²) in [6, 6.07) is 4.34. The normalized spacial score (nSPS) is 20.1. The average molecular weight is 393 g/mol. The Morgan fingerprint density at radius 2 is 2.00 bits per heavy atom. The molecule has 2 aliphatic heterocycles. The largest absolute Gasteiger partial charge is 0.487 e. The Balaban J connectivity index is 1.59. The van der Waals surface area contributed by atoms with Crippen LogP contribution in [0.15, 0.2) is 18.2 Å². The van der Waals surface area contributed by atoms with Gasteiger partial charge in [-0.2, -0.15) is 0 Å². The quantitative estimate of drug-likeness (QED) is 0.822. The number of halogens is 1. The number of cyclic esters (lactones) is 1. The minimum atomic E-state index is -0.583. The maximum absolute atomic E-state index is 14.5. The lowest BCUT2D eigenvalue weighted by Gasteiger charge is -2.31. The first-order valence-electron chi connectivity index (χ1n) is 9.28. The van der Waals surface area contributed by atoms with Crippen molar-refractivity contribution in [2.24, 2.45) is 0 Å². The maximum atomic E-state index is 14.5. The van der Waals surface area contributed by atoms with Crippen molar-refractivity contribution < 1.29 is 28.2 Å². The summed E-state index contributed by atoms with van der Waals surface area (Å²) >= 11 is 0. The second-order valence-corrected chi connectivity index (χ2v) is 6.99. The molecule has 2 aliphatic rings. The van der Waals surface area contributed by atoms with Gasteiger partial charge in [0.25, 0.3) is 0 Å². The van der Waals surface area contributed by atoms with Gasteiger partial charge in [-0.15, -0.1) is 0 Å². The molecule has 0 spiro atoms. The fourth-order valence-corrected chi connectivity index (χ4v) is 3.32. The minimum absolute atomic E-state index is 0.0308. The number of nitrogens with one attached hydrogen (secondary N) is 1. The molecule has 9 heteroatoms. The van der Waals surface area contributed by atoms with Crippen LogP contribution in [0.25, 0.3) is 0 Å². The van der Waals surface area contributed by atoms with E-state index in [2.05, 4.69) is 5.32 Å². The number of ether oxygens (including phenoxy) is 2. The first-order valence-corrected chi connectivity index (χ1v) is 9.28. The van der Waals surface area contributed by atoms with Gasteiger partial charge < -0.3 is 19.7 Å². The van der Waals surface area contributed by atoms with Crippen LogP contribution in [0.2, 0.25) is 0 Å². The van der Waals surface area contributed by atoms with Crippen LogP contribution in [0.3, 0.4) is 0 Å². The number of benzene rings is 1. The minimum Gasteiger partial charge on any atom is -0.487 e. The highest BCUT2D eigenvalue weighted by atomic mass is 19.1. The van der Waals surface area contributed by atoms with E-state index in [4.69, 9.17) is 9.47 Å². The number of amides is 3. The second kappa shape index (κ2) is 8.45. The number of anilines is 1. The van der Waals surface area contributed by atoms with Crippen molar-refractivity contribution in [2.45, 2.75) is 38.9 Å². The van der Waals surface area contributed by atoms with Gasteiger partial charge in [-0.3, -0.25) is 14.5 Å². The predicted octanol–water partition coefficient (Wildman–Crippen LogP) is 1.68. The van der Waals surface area contributed by atoms with E-state index in [-0.39, 0.29) is 36.8 Å². The lowest BCUT2D eigenvalue weighted by Crippen LogP contribution is -2.40. The molecule has 0 bridgehead atoms. The summed E-state index contributed by atoms with van der Waals surface area (Å²) in [5, 5.41) is 2.59. The smallest absolute Gasteiger partial charge is 0.414 e. The van der Waals surface area contributed by atoms with Crippen molar-refractivity contribution in [1.82, 2.24) is 10.2 Å². The SMILES string of the molecule is CC(=O)NC[C@H]1CN(c2ccc(OC3CCN(C(C)=O)CC3)c(F)c2)C(=O)O1. The van der Waals surface area contributed by atoms with Crippen LogP contribution < -0.4 is 15.0 Å². The van der Waals surface area contributed by atoms with Crippen LogP contribution in [0, 0.1) is 5.82 Å². The monoisotopic (exact) mass is 393 g/mol. The van der Waals surface area contributed by atoms with Crippen molar-refractivity contribution in [2.75, 3.05) is 31.1 Å². The summed E-state index contributed by atoms with van der Waals surface area (Å²) in [5.74, 6) is -0.628. The van der Waals surface area contributed by atoms with E-state index in [1.165, 1.54) is 30.9 Å². The molecular weight excluding hydrogens is 369 g/mol. The fourth-order valence-electron chi connectivity index (χ4n) is 3.32. The van der Waals surface area contributed by atoms with Crippen molar-refractivity contribution in [3.63, 3.8) is 0 Å². The molecule has 0 aliphatic carbocycles. The molecule has 0 saturated carbocycles. The van der Waals surface area contributed by atoms with Crippen LogP contribution in [0.1, 0.15) is 26.7 Å². The van der Waals surface area contributed by atoms with Gasteiger partial charge in [-0.1, -0.05) is 0 Å². The lowest BCUT2D eigenvalue weighted by atomic mass is 10.1. The zero-order valence-electron chi connectivity index (χ0n) is 15.9. The molecular formula is C19H24FN3O5. The first kappa shape index (κ1) is 19.9. The van der Waals surface area contributed by atoms with Crippen molar-refractivity contribution >= 4 is 23.6 Å². The number of likely N-dealkylation sites (tertiary alicyclic amines) is 1. The maximum Gasteiger partial charge on any atom is 0.414 e. The van der Waals surface area contributed by atoms with Gasteiger partial charge in [0.2, 0.25) is 11.8 Å². The Labute approximate surface area is 162 Å². The number of nitrogens with zero attached hydrogens (tertiary/aromatic N) is 2. The summed E-state index contributed by atoms with van der Waals surface area (Å²) in [6.45, 7) is 4.53. The van der Waals surface area contributed by atoms with E-state index in [9.17, 15) is 18.8 Å². The van der Waals surface area contributed by atoms with Crippen LogP contribution in [-0.4, -0.2) is 61.2 Å². The van der Waals surface area contributed by atoms with E-state index >= 15 is 0 Å². The molecule has 2 heterocycles. The summed E-state index contributed by atoms with van der Waals surface area (Å²) in [5.41, 5.74) is 0.367. The second-order valence-electron chi connectivity index (χ2n) is 6.99. The van der Waals surface area contributed by atoms with E-state index in [0.29, 0.717) is 31.6 Å². The molecule has 2 fully saturated rings. The number of piperidine rings is 1. The standard InChI is InChI=1S/C19H24FN3O5/c1-12(24)21-10-16-11-23(19(26)28-16)14-3-4-18(17(20)9-14)27-15-5-7-22(8-6-15)13(2)25/h3-4,9,15-16H,5-8,10-11H2,1-2H3,(H,21,24)/t16-/m0/s1. The van der Waals surface area contributed by atoms with Crippen molar-refractivity contribution in [3.8, 4) is 5.75 Å². The lowest BCUT2D eigenvalue weighted by molar-refractivity contribution is -0.130. The summed E-state index contributed by atoms with van der Waals surface area (Å²) in [6.07, 6.45) is 0.0605. The molecule has 152 valence electrons. The third-order valence-corrected chi connectivity index (χ3v) is 4.86. The van der Waals surface area contributed by atoms with Gasteiger partial charge in [0, 0.05) is 45.8 Å². The number of carbonyl (C=O) groups is 3. The summed E-state index contributed by atoms with van der Waals surface area (Å²) in [7, 11) is 0. The van der Waals surface area contributed by atoms with Crippen molar-refractivity contribution in [3.05, 3.63) is 24.0 Å². The van der Waals surface area contributed by atoms with Gasteiger partial charge in [0.15, 0.2) is 11.6 Å². The molecule has 3 amide bonds.